The average Bonchev–Trinajstić information content (AvgIpc) is 2.56. The summed E-state index contributed by atoms with van der Waals surface area (Å²) in [6.07, 6.45) is 2.97. The Morgan fingerprint density at radius 2 is 2.58 bits per heavy atom. The van der Waals surface area contributed by atoms with Gasteiger partial charge in [-0.1, -0.05) is 13.0 Å². The van der Waals surface area contributed by atoms with Crippen molar-refractivity contribution in [2.24, 2.45) is 0 Å². The number of rotatable bonds is 5. The predicted molar refractivity (Wildman–Crippen MR) is 55.6 cm³/mol. The van der Waals surface area contributed by atoms with Crippen LogP contribution < -0.4 is 5.32 Å². The lowest BCUT2D eigenvalue weighted by Gasteiger charge is -2.13. The Labute approximate surface area is 78.1 Å². The molecule has 2 heteroatoms. The third-order valence-electron chi connectivity index (χ3n) is 1.80. The molecule has 0 saturated heterocycles. The van der Waals surface area contributed by atoms with E-state index in [2.05, 4.69) is 35.6 Å². The summed E-state index contributed by atoms with van der Waals surface area (Å²) in [5.74, 6) is 0. The molecule has 1 aromatic rings. The fourth-order valence-electron chi connectivity index (χ4n) is 1.22. The van der Waals surface area contributed by atoms with E-state index in [9.17, 15) is 0 Å². The largest absolute Gasteiger partial charge is 0.310 e. The molecule has 1 heterocycles. The Balaban J connectivity index is 2.59. The van der Waals surface area contributed by atoms with Crippen LogP contribution in [-0.2, 0) is 0 Å². The lowest BCUT2D eigenvalue weighted by molar-refractivity contribution is 0.560. The van der Waals surface area contributed by atoms with Gasteiger partial charge < -0.3 is 5.32 Å². The lowest BCUT2D eigenvalue weighted by Crippen LogP contribution is -2.19. The Bertz CT molecular complexity index is 216. The van der Waals surface area contributed by atoms with Gasteiger partial charge in [0, 0.05) is 6.04 Å². The molecule has 0 aliphatic heterocycles. The average molecular weight is 181 g/mol. The third kappa shape index (κ3) is 2.47. The first-order chi connectivity index (χ1) is 5.88. The van der Waals surface area contributed by atoms with Crippen LogP contribution in [0.2, 0.25) is 0 Å². The molecular formula is C10H15NS. The Morgan fingerprint density at radius 1 is 1.75 bits per heavy atom. The Kier molecular flexibility index (Phi) is 4.05. The van der Waals surface area contributed by atoms with Crippen molar-refractivity contribution in [3.05, 3.63) is 35.0 Å². The molecule has 1 unspecified atom stereocenters. The molecule has 1 atom stereocenters. The summed E-state index contributed by atoms with van der Waals surface area (Å²) in [5, 5.41) is 7.73. The zero-order chi connectivity index (χ0) is 8.81. The molecule has 1 aromatic heterocycles. The molecular weight excluding hydrogens is 166 g/mol. The van der Waals surface area contributed by atoms with Gasteiger partial charge >= 0.3 is 0 Å². The first kappa shape index (κ1) is 9.49. The van der Waals surface area contributed by atoms with Crippen LogP contribution in [-0.4, -0.2) is 6.54 Å². The number of thiophene rings is 1. The molecule has 1 nitrogen and oxygen atoms in total. The van der Waals surface area contributed by atoms with E-state index in [0.717, 1.165) is 13.0 Å². The van der Waals surface area contributed by atoms with Gasteiger partial charge in [0.1, 0.15) is 0 Å². The molecule has 66 valence electrons. The lowest BCUT2D eigenvalue weighted by atomic mass is 10.1. The van der Waals surface area contributed by atoms with Crippen LogP contribution in [0.3, 0.4) is 0 Å². The predicted octanol–water partition coefficient (Wildman–Crippen LogP) is 2.97. The van der Waals surface area contributed by atoms with Crippen molar-refractivity contribution in [1.29, 1.82) is 0 Å². The monoisotopic (exact) mass is 181 g/mol. The van der Waals surface area contributed by atoms with E-state index in [1.54, 1.807) is 11.3 Å². The second kappa shape index (κ2) is 5.12. The number of nitrogens with one attached hydrogen (secondary N) is 1. The summed E-state index contributed by atoms with van der Waals surface area (Å²) in [6.45, 7) is 6.89. The maximum Gasteiger partial charge on any atom is 0.0362 e. The minimum absolute atomic E-state index is 0.457. The van der Waals surface area contributed by atoms with E-state index in [4.69, 9.17) is 0 Å². The fourth-order valence-corrected chi connectivity index (χ4v) is 1.94. The van der Waals surface area contributed by atoms with Crippen LogP contribution in [0.15, 0.2) is 29.5 Å². The van der Waals surface area contributed by atoms with Gasteiger partial charge in [0.2, 0.25) is 0 Å². The van der Waals surface area contributed by atoms with Crippen molar-refractivity contribution in [3.8, 4) is 0 Å². The molecule has 1 rings (SSSR count). The van der Waals surface area contributed by atoms with Crippen LogP contribution in [0.4, 0.5) is 0 Å². The minimum Gasteiger partial charge on any atom is -0.310 e. The van der Waals surface area contributed by atoms with Gasteiger partial charge in [-0.25, -0.2) is 0 Å². The molecule has 0 radical (unpaired) electrons. The fraction of sp³-hybridized carbons (Fsp3) is 0.400. The highest BCUT2D eigenvalue weighted by molar-refractivity contribution is 7.07. The van der Waals surface area contributed by atoms with E-state index < -0.39 is 0 Å². The van der Waals surface area contributed by atoms with Gasteiger partial charge in [0.05, 0.1) is 0 Å². The second-order valence-corrected chi connectivity index (χ2v) is 3.47. The molecule has 1 N–H and O–H groups in total. The van der Waals surface area contributed by atoms with E-state index in [1.165, 1.54) is 5.56 Å². The third-order valence-corrected chi connectivity index (χ3v) is 2.50. The van der Waals surface area contributed by atoms with Crippen LogP contribution in [0, 0.1) is 0 Å². The molecule has 0 aliphatic rings. The van der Waals surface area contributed by atoms with E-state index in [0.29, 0.717) is 6.04 Å². The van der Waals surface area contributed by atoms with Crippen LogP contribution in [0.5, 0.6) is 0 Å². The molecule has 0 aliphatic carbocycles. The highest BCUT2D eigenvalue weighted by Crippen LogP contribution is 2.19. The quantitative estimate of drug-likeness (QED) is 0.689. The van der Waals surface area contributed by atoms with Gasteiger partial charge in [-0.15, -0.1) is 6.58 Å². The first-order valence-corrected chi connectivity index (χ1v) is 5.19. The molecule has 0 amide bonds. The van der Waals surface area contributed by atoms with Crippen LogP contribution >= 0.6 is 11.3 Å². The molecule has 0 bridgehead atoms. The Hall–Kier alpha value is -0.600. The summed E-state index contributed by atoms with van der Waals surface area (Å²) in [6, 6.07) is 2.63. The maximum atomic E-state index is 3.76. The molecule has 12 heavy (non-hydrogen) atoms. The molecule has 0 aromatic carbocycles. The van der Waals surface area contributed by atoms with Gasteiger partial charge in [-0.3, -0.25) is 0 Å². The van der Waals surface area contributed by atoms with Crippen molar-refractivity contribution >= 4 is 11.3 Å². The summed E-state index contributed by atoms with van der Waals surface area (Å²) < 4.78 is 0. The van der Waals surface area contributed by atoms with Crippen molar-refractivity contribution in [2.75, 3.05) is 6.54 Å². The summed E-state index contributed by atoms with van der Waals surface area (Å²) in [7, 11) is 0. The van der Waals surface area contributed by atoms with E-state index >= 15 is 0 Å². The standard InChI is InChI=1S/C10H15NS/c1-3-5-10(11-4-2)9-6-7-12-8-9/h3,6-8,10-11H,1,4-5H2,2H3. The molecule has 0 fully saturated rings. The normalized spacial score (nSPS) is 12.8. The first-order valence-electron chi connectivity index (χ1n) is 4.24. The summed E-state index contributed by atoms with van der Waals surface area (Å²) in [4.78, 5) is 0. The van der Waals surface area contributed by atoms with Gasteiger partial charge in [-0.2, -0.15) is 11.3 Å². The zero-order valence-electron chi connectivity index (χ0n) is 7.42. The topological polar surface area (TPSA) is 12.0 Å². The van der Waals surface area contributed by atoms with Gasteiger partial charge in [0.25, 0.3) is 0 Å². The van der Waals surface area contributed by atoms with Crippen molar-refractivity contribution in [1.82, 2.24) is 5.32 Å². The van der Waals surface area contributed by atoms with Crippen molar-refractivity contribution < 1.29 is 0 Å². The smallest absolute Gasteiger partial charge is 0.0362 e. The molecule has 0 spiro atoms. The van der Waals surface area contributed by atoms with E-state index in [1.807, 2.05) is 6.08 Å². The van der Waals surface area contributed by atoms with Crippen LogP contribution in [0.1, 0.15) is 24.9 Å². The van der Waals surface area contributed by atoms with Crippen molar-refractivity contribution in [3.63, 3.8) is 0 Å². The van der Waals surface area contributed by atoms with Gasteiger partial charge in [0.15, 0.2) is 0 Å². The maximum absolute atomic E-state index is 3.76. The highest BCUT2D eigenvalue weighted by Gasteiger charge is 2.07. The van der Waals surface area contributed by atoms with Gasteiger partial charge in [-0.05, 0) is 35.4 Å². The zero-order valence-corrected chi connectivity index (χ0v) is 8.23. The highest BCUT2D eigenvalue weighted by atomic mass is 32.1. The summed E-state index contributed by atoms with van der Waals surface area (Å²) in [5.41, 5.74) is 1.38. The second-order valence-electron chi connectivity index (χ2n) is 2.69. The van der Waals surface area contributed by atoms with Crippen molar-refractivity contribution in [2.45, 2.75) is 19.4 Å². The Morgan fingerprint density at radius 3 is 3.08 bits per heavy atom. The summed E-state index contributed by atoms with van der Waals surface area (Å²) >= 11 is 1.75. The van der Waals surface area contributed by atoms with E-state index in [-0.39, 0.29) is 0 Å². The van der Waals surface area contributed by atoms with Crippen LogP contribution in [0.25, 0.3) is 0 Å². The number of hydrogen-bond donors (Lipinski definition) is 1. The number of hydrogen-bond acceptors (Lipinski definition) is 2. The minimum atomic E-state index is 0.457. The molecule has 0 saturated carbocycles. The SMILES string of the molecule is C=CCC(NCC)c1ccsc1.